The predicted molar refractivity (Wildman–Crippen MR) is 46.6 cm³/mol. The first-order valence-electron chi connectivity index (χ1n) is 3.72. The molecule has 0 amide bonds. The Labute approximate surface area is 72.5 Å². The molecular formula is C7H8N4O2. The molecule has 13 heavy (non-hydrogen) atoms. The molecule has 1 N–H and O–H groups in total. The fourth-order valence-electron chi connectivity index (χ4n) is 1.28. The van der Waals surface area contributed by atoms with Crippen molar-refractivity contribution in [3.8, 4) is 0 Å². The molecule has 2 aromatic rings. The Balaban J connectivity index is 3.12. The lowest BCUT2D eigenvalue weighted by Crippen LogP contribution is -2.19. The van der Waals surface area contributed by atoms with Crippen LogP contribution in [-0.2, 0) is 14.1 Å². The van der Waals surface area contributed by atoms with Crippen LogP contribution in [0.4, 0.5) is 0 Å². The van der Waals surface area contributed by atoms with E-state index in [0.29, 0.717) is 11.3 Å². The van der Waals surface area contributed by atoms with Crippen LogP contribution in [0, 0.1) is 0 Å². The van der Waals surface area contributed by atoms with Crippen LogP contribution in [0.5, 0.6) is 0 Å². The van der Waals surface area contributed by atoms with Crippen LogP contribution in [0.3, 0.4) is 0 Å². The quantitative estimate of drug-likeness (QED) is 0.562. The van der Waals surface area contributed by atoms with E-state index in [1.165, 1.54) is 9.13 Å². The van der Waals surface area contributed by atoms with Crippen LogP contribution in [0.2, 0.25) is 0 Å². The Hall–Kier alpha value is -1.85. The minimum atomic E-state index is -0.311. The van der Waals surface area contributed by atoms with Gasteiger partial charge in [-0.15, -0.1) is 0 Å². The number of aromatic amines is 1. The van der Waals surface area contributed by atoms with E-state index >= 15 is 0 Å². The maximum atomic E-state index is 11.4. The second-order valence-corrected chi connectivity index (χ2v) is 2.82. The number of hydrogen-bond acceptors (Lipinski definition) is 3. The maximum absolute atomic E-state index is 11.4. The molecule has 6 heteroatoms. The number of aryl methyl sites for hydroxylation is 2. The van der Waals surface area contributed by atoms with Crippen molar-refractivity contribution in [2.24, 2.45) is 14.1 Å². The van der Waals surface area contributed by atoms with Crippen molar-refractivity contribution < 1.29 is 0 Å². The molecule has 0 aliphatic carbocycles. The van der Waals surface area contributed by atoms with Gasteiger partial charge in [-0.1, -0.05) is 0 Å². The smallest absolute Gasteiger partial charge is 0.304 e. The molecule has 0 atom stereocenters. The summed E-state index contributed by atoms with van der Waals surface area (Å²) in [6.07, 6.45) is 1.15. The van der Waals surface area contributed by atoms with Gasteiger partial charge in [0.15, 0.2) is 11.3 Å². The van der Waals surface area contributed by atoms with E-state index in [2.05, 4.69) is 9.97 Å². The van der Waals surface area contributed by atoms with Crippen LogP contribution >= 0.6 is 0 Å². The summed E-state index contributed by atoms with van der Waals surface area (Å²) in [6, 6.07) is 0. The van der Waals surface area contributed by atoms with E-state index in [-0.39, 0.29) is 11.2 Å². The first kappa shape index (κ1) is 7.78. The van der Waals surface area contributed by atoms with E-state index in [1.54, 1.807) is 14.1 Å². The Morgan fingerprint density at radius 3 is 2.69 bits per heavy atom. The van der Waals surface area contributed by atoms with Crippen LogP contribution < -0.4 is 11.2 Å². The van der Waals surface area contributed by atoms with Gasteiger partial charge >= 0.3 is 5.69 Å². The second kappa shape index (κ2) is 2.32. The van der Waals surface area contributed by atoms with Crippen molar-refractivity contribution in [2.75, 3.05) is 0 Å². The molecule has 2 rings (SSSR count). The highest BCUT2D eigenvalue weighted by Crippen LogP contribution is 1.99. The van der Waals surface area contributed by atoms with Gasteiger partial charge in [0.05, 0.1) is 6.20 Å². The highest BCUT2D eigenvalue weighted by atomic mass is 16.2. The molecule has 0 bridgehead atoms. The van der Waals surface area contributed by atoms with Crippen LogP contribution in [-0.4, -0.2) is 19.1 Å². The number of nitrogens with zero attached hydrogens (tertiary/aromatic N) is 3. The zero-order chi connectivity index (χ0) is 9.59. The Kier molecular flexibility index (Phi) is 1.39. The lowest BCUT2D eigenvalue weighted by molar-refractivity contribution is 0.788. The van der Waals surface area contributed by atoms with Crippen molar-refractivity contribution in [2.45, 2.75) is 0 Å². The highest BCUT2D eigenvalue weighted by Gasteiger charge is 2.08. The number of hydrogen-bond donors (Lipinski definition) is 1. The van der Waals surface area contributed by atoms with Crippen molar-refractivity contribution >= 4 is 11.3 Å². The van der Waals surface area contributed by atoms with Gasteiger partial charge in [0.1, 0.15) is 0 Å². The second-order valence-electron chi connectivity index (χ2n) is 2.82. The average molecular weight is 180 g/mol. The third kappa shape index (κ3) is 0.915. The molecule has 0 saturated carbocycles. The van der Waals surface area contributed by atoms with E-state index < -0.39 is 0 Å². The SMILES string of the molecule is Cn1c(=O)n(C)c2[nH]c(=O)cnc21. The van der Waals surface area contributed by atoms with Gasteiger partial charge in [0.25, 0.3) is 5.56 Å². The molecule has 0 radical (unpaired) electrons. The van der Waals surface area contributed by atoms with Crippen molar-refractivity contribution in [3.63, 3.8) is 0 Å². The first-order chi connectivity index (χ1) is 6.11. The van der Waals surface area contributed by atoms with Crippen LogP contribution in [0.1, 0.15) is 0 Å². The maximum Gasteiger partial charge on any atom is 0.330 e. The monoisotopic (exact) mass is 180 g/mol. The topological polar surface area (TPSA) is 72.7 Å². The number of fused-ring (bicyclic) bond motifs is 1. The zero-order valence-corrected chi connectivity index (χ0v) is 7.24. The van der Waals surface area contributed by atoms with Crippen molar-refractivity contribution in [1.82, 2.24) is 19.1 Å². The number of rotatable bonds is 0. The van der Waals surface area contributed by atoms with E-state index in [1.807, 2.05) is 0 Å². The fraction of sp³-hybridized carbons (Fsp3) is 0.286. The lowest BCUT2D eigenvalue weighted by Gasteiger charge is -1.90. The molecule has 0 saturated heterocycles. The standard InChI is InChI=1S/C7H8N4O2/c1-10-5-6(11(2)7(10)13)9-4(12)3-8-5/h3H,1-2H3,(H,9,12). The molecule has 0 spiro atoms. The van der Waals surface area contributed by atoms with Gasteiger partial charge in [0.2, 0.25) is 0 Å². The van der Waals surface area contributed by atoms with Gasteiger partial charge in [-0.3, -0.25) is 13.9 Å². The van der Waals surface area contributed by atoms with Gasteiger partial charge in [-0.2, -0.15) is 0 Å². The number of nitrogens with one attached hydrogen (secondary N) is 1. The van der Waals surface area contributed by atoms with Crippen molar-refractivity contribution in [1.29, 1.82) is 0 Å². The van der Waals surface area contributed by atoms with Gasteiger partial charge in [-0.05, 0) is 0 Å². The third-order valence-corrected chi connectivity index (χ3v) is 1.98. The normalized spacial score (nSPS) is 10.9. The summed E-state index contributed by atoms with van der Waals surface area (Å²) in [4.78, 5) is 28.7. The molecule has 0 unspecified atom stereocenters. The fourth-order valence-corrected chi connectivity index (χ4v) is 1.28. The zero-order valence-electron chi connectivity index (χ0n) is 7.24. The van der Waals surface area contributed by atoms with Gasteiger partial charge in [0, 0.05) is 14.1 Å². The molecule has 68 valence electrons. The molecular weight excluding hydrogens is 172 g/mol. The van der Waals surface area contributed by atoms with Crippen LogP contribution in [0.25, 0.3) is 11.3 Å². The summed E-state index contributed by atoms with van der Waals surface area (Å²) in [5.74, 6) is 0. The summed E-state index contributed by atoms with van der Waals surface area (Å²) >= 11 is 0. The summed E-state index contributed by atoms with van der Waals surface area (Å²) in [7, 11) is 3.19. The molecule has 2 heterocycles. The minimum absolute atomic E-state index is 0.204. The third-order valence-electron chi connectivity index (χ3n) is 1.98. The van der Waals surface area contributed by atoms with E-state index in [4.69, 9.17) is 0 Å². The molecule has 0 aliphatic rings. The number of imidazole rings is 1. The van der Waals surface area contributed by atoms with Gasteiger partial charge < -0.3 is 4.98 Å². The molecule has 6 nitrogen and oxygen atoms in total. The lowest BCUT2D eigenvalue weighted by atomic mass is 10.6. The molecule has 0 fully saturated rings. The molecule has 0 aromatic carbocycles. The molecule has 0 aliphatic heterocycles. The Morgan fingerprint density at radius 1 is 1.31 bits per heavy atom. The minimum Gasteiger partial charge on any atom is -0.304 e. The summed E-state index contributed by atoms with van der Waals surface area (Å²) in [5.41, 5.74) is 0.408. The van der Waals surface area contributed by atoms with E-state index in [0.717, 1.165) is 6.20 Å². The predicted octanol–water partition coefficient (Wildman–Crippen LogP) is -1.04. The summed E-state index contributed by atoms with van der Waals surface area (Å²) < 4.78 is 2.73. The number of aromatic nitrogens is 4. The summed E-state index contributed by atoms with van der Waals surface area (Å²) in [5, 5.41) is 0. The van der Waals surface area contributed by atoms with Crippen LogP contribution in [0.15, 0.2) is 15.8 Å². The van der Waals surface area contributed by atoms with Crippen molar-refractivity contribution in [3.05, 3.63) is 27.0 Å². The summed E-state index contributed by atoms with van der Waals surface area (Å²) in [6.45, 7) is 0. The Morgan fingerprint density at radius 2 is 2.00 bits per heavy atom. The van der Waals surface area contributed by atoms with Gasteiger partial charge in [-0.25, -0.2) is 9.78 Å². The number of H-pyrrole nitrogens is 1. The first-order valence-corrected chi connectivity index (χ1v) is 3.72. The largest absolute Gasteiger partial charge is 0.330 e. The average Bonchev–Trinajstić information content (AvgIpc) is 2.32. The molecule has 2 aromatic heterocycles. The van der Waals surface area contributed by atoms with E-state index in [9.17, 15) is 9.59 Å². The highest BCUT2D eigenvalue weighted by molar-refractivity contribution is 5.65. The Bertz CT molecular complexity index is 574.